The predicted molar refractivity (Wildman–Crippen MR) is 61.9 cm³/mol. The molecule has 0 radical (unpaired) electrons. The number of hydrogen-bond donors (Lipinski definition) is 1. The van der Waals surface area contributed by atoms with Gasteiger partial charge in [-0.15, -0.1) is 12.4 Å². The van der Waals surface area contributed by atoms with Gasteiger partial charge in [-0.1, -0.05) is 5.16 Å². The first-order chi connectivity index (χ1) is 7.27. The Kier molecular flexibility index (Phi) is 4.76. The number of aromatic nitrogens is 1. The summed E-state index contributed by atoms with van der Waals surface area (Å²) >= 11 is 0. The summed E-state index contributed by atoms with van der Waals surface area (Å²) in [4.78, 5) is 13.8. The molecular formula is C10H16ClN3O2. The van der Waals surface area contributed by atoms with Gasteiger partial charge in [0.1, 0.15) is 5.76 Å². The van der Waals surface area contributed by atoms with Crippen molar-refractivity contribution in [3.8, 4) is 0 Å². The third-order valence-electron chi connectivity index (χ3n) is 2.47. The molecule has 1 N–H and O–H groups in total. The monoisotopic (exact) mass is 245 g/mol. The third kappa shape index (κ3) is 2.96. The van der Waals surface area contributed by atoms with E-state index >= 15 is 0 Å². The van der Waals surface area contributed by atoms with Gasteiger partial charge in [0, 0.05) is 25.7 Å². The summed E-state index contributed by atoms with van der Waals surface area (Å²) in [5.41, 5.74) is 0.411. The van der Waals surface area contributed by atoms with E-state index in [1.54, 1.807) is 13.0 Å². The topological polar surface area (TPSA) is 58.4 Å². The first-order valence-electron chi connectivity index (χ1n) is 5.20. The molecule has 6 heteroatoms. The third-order valence-corrected chi connectivity index (χ3v) is 2.47. The Bertz CT molecular complexity index is 346. The normalized spacial score (nSPS) is 16.4. The van der Waals surface area contributed by atoms with Gasteiger partial charge in [-0.25, -0.2) is 0 Å². The van der Waals surface area contributed by atoms with E-state index < -0.39 is 0 Å². The van der Waals surface area contributed by atoms with Gasteiger partial charge in [0.2, 0.25) is 0 Å². The average Bonchev–Trinajstić information content (AvgIpc) is 2.53. The van der Waals surface area contributed by atoms with Crippen LogP contribution < -0.4 is 5.32 Å². The summed E-state index contributed by atoms with van der Waals surface area (Å²) in [6.45, 7) is 5.14. The Hall–Kier alpha value is -1.07. The average molecular weight is 246 g/mol. The molecule has 1 amide bonds. The van der Waals surface area contributed by atoms with Crippen molar-refractivity contribution in [1.82, 2.24) is 15.4 Å². The second kappa shape index (κ2) is 5.86. The molecule has 0 saturated carbocycles. The first kappa shape index (κ1) is 13.0. The number of halogens is 1. The number of aryl methyl sites for hydroxylation is 1. The fourth-order valence-corrected chi connectivity index (χ4v) is 1.68. The van der Waals surface area contributed by atoms with Crippen LogP contribution in [0.15, 0.2) is 10.6 Å². The molecule has 90 valence electrons. The molecule has 1 aliphatic rings. The Morgan fingerprint density at radius 2 is 2.31 bits per heavy atom. The van der Waals surface area contributed by atoms with Crippen LogP contribution >= 0.6 is 12.4 Å². The molecule has 1 fully saturated rings. The fraction of sp³-hybridized carbons (Fsp3) is 0.600. The summed E-state index contributed by atoms with van der Waals surface area (Å²) < 4.78 is 4.89. The number of carbonyl (C=O) groups excluding carboxylic acids is 1. The van der Waals surface area contributed by atoms with Crippen LogP contribution in [0.25, 0.3) is 0 Å². The van der Waals surface area contributed by atoms with E-state index in [1.807, 2.05) is 4.90 Å². The largest absolute Gasteiger partial charge is 0.361 e. The van der Waals surface area contributed by atoms with Crippen molar-refractivity contribution in [3.63, 3.8) is 0 Å². The number of carbonyl (C=O) groups is 1. The summed E-state index contributed by atoms with van der Waals surface area (Å²) in [7, 11) is 0. The minimum Gasteiger partial charge on any atom is -0.361 e. The van der Waals surface area contributed by atoms with Crippen molar-refractivity contribution in [2.24, 2.45) is 0 Å². The van der Waals surface area contributed by atoms with Crippen LogP contribution in [-0.4, -0.2) is 42.1 Å². The van der Waals surface area contributed by atoms with E-state index in [9.17, 15) is 4.79 Å². The van der Waals surface area contributed by atoms with Crippen LogP contribution in [0.1, 0.15) is 22.7 Å². The number of amides is 1. The number of nitrogens with zero attached hydrogens (tertiary/aromatic N) is 2. The lowest BCUT2D eigenvalue weighted by Crippen LogP contribution is -2.34. The molecule has 16 heavy (non-hydrogen) atoms. The van der Waals surface area contributed by atoms with Gasteiger partial charge in [0.15, 0.2) is 5.69 Å². The molecule has 1 saturated heterocycles. The van der Waals surface area contributed by atoms with Crippen LogP contribution in [0.5, 0.6) is 0 Å². The SMILES string of the molecule is Cc1cc(C(=O)N2CCCNCC2)no1.Cl. The molecule has 5 nitrogen and oxygen atoms in total. The zero-order chi connectivity index (χ0) is 10.7. The highest BCUT2D eigenvalue weighted by Crippen LogP contribution is 2.07. The highest BCUT2D eigenvalue weighted by atomic mass is 35.5. The molecule has 0 bridgehead atoms. The molecule has 0 unspecified atom stereocenters. The maximum atomic E-state index is 11.9. The second-order valence-electron chi connectivity index (χ2n) is 3.72. The van der Waals surface area contributed by atoms with E-state index in [-0.39, 0.29) is 18.3 Å². The summed E-state index contributed by atoms with van der Waals surface area (Å²) in [6, 6.07) is 1.68. The van der Waals surface area contributed by atoms with Crippen molar-refractivity contribution in [1.29, 1.82) is 0 Å². The molecule has 0 spiro atoms. The van der Waals surface area contributed by atoms with Crippen LogP contribution in [0.4, 0.5) is 0 Å². The highest BCUT2D eigenvalue weighted by Gasteiger charge is 2.19. The maximum absolute atomic E-state index is 11.9. The summed E-state index contributed by atoms with van der Waals surface area (Å²) in [5, 5.41) is 6.99. The van der Waals surface area contributed by atoms with Gasteiger partial charge in [-0.2, -0.15) is 0 Å². The molecular weight excluding hydrogens is 230 g/mol. The standard InChI is InChI=1S/C10H15N3O2.ClH/c1-8-7-9(12-15-8)10(14)13-5-2-3-11-4-6-13;/h7,11H,2-6H2,1H3;1H. The molecule has 0 aromatic carbocycles. The zero-order valence-electron chi connectivity index (χ0n) is 9.23. The Labute approximate surface area is 101 Å². The summed E-state index contributed by atoms with van der Waals surface area (Å²) in [6.07, 6.45) is 0.989. The number of rotatable bonds is 1. The molecule has 0 atom stereocenters. The molecule has 1 aromatic rings. The Balaban J connectivity index is 0.00000128. The molecule has 2 rings (SSSR count). The minimum absolute atomic E-state index is 0. The van der Waals surface area contributed by atoms with Crippen LogP contribution in [-0.2, 0) is 0 Å². The quantitative estimate of drug-likeness (QED) is 0.797. The van der Waals surface area contributed by atoms with Crippen molar-refractivity contribution in [2.75, 3.05) is 26.2 Å². The number of hydrogen-bond acceptors (Lipinski definition) is 4. The predicted octanol–water partition coefficient (Wildman–Crippen LogP) is 0.840. The van der Waals surface area contributed by atoms with Gasteiger partial charge in [-0.3, -0.25) is 4.79 Å². The lowest BCUT2D eigenvalue weighted by atomic mass is 10.3. The lowest BCUT2D eigenvalue weighted by molar-refractivity contribution is 0.0756. The van der Waals surface area contributed by atoms with E-state index in [1.165, 1.54) is 0 Å². The Morgan fingerprint density at radius 1 is 1.50 bits per heavy atom. The van der Waals surface area contributed by atoms with Gasteiger partial charge >= 0.3 is 0 Å². The van der Waals surface area contributed by atoms with E-state index in [2.05, 4.69) is 10.5 Å². The molecule has 0 aliphatic carbocycles. The second-order valence-corrected chi connectivity index (χ2v) is 3.72. The van der Waals surface area contributed by atoms with Gasteiger partial charge in [-0.05, 0) is 19.9 Å². The van der Waals surface area contributed by atoms with Crippen molar-refractivity contribution >= 4 is 18.3 Å². The molecule has 2 heterocycles. The first-order valence-corrected chi connectivity index (χ1v) is 5.20. The van der Waals surface area contributed by atoms with Gasteiger partial charge in [0.05, 0.1) is 0 Å². The van der Waals surface area contributed by atoms with Crippen LogP contribution in [0.2, 0.25) is 0 Å². The Morgan fingerprint density at radius 3 is 3.00 bits per heavy atom. The molecule has 1 aliphatic heterocycles. The number of nitrogens with one attached hydrogen (secondary N) is 1. The fourth-order valence-electron chi connectivity index (χ4n) is 1.68. The van der Waals surface area contributed by atoms with E-state index in [0.717, 1.165) is 32.6 Å². The van der Waals surface area contributed by atoms with Crippen molar-refractivity contribution < 1.29 is 9.32 Å². The van der Waals surface area contributed by atoms with Crippen molar-refractivity contribution in [2.45, 2.75) is 13.3 Å². The highest BCUT2D eigenvalue weighted by molar-refractivity contribution is 5.92. The van der Waals surface area contributed by atoms with E-state index in [0.29, 0.717) is 11.5 Å². The van der Waals surface area contributed by atoms with Crippen LogP contribution in [0.3, 0.4) is 0 Å². The molecule has 1 aromatic heterocycles. The van der Waals surface area contributed by atoms with E-state index in [4.69, 9.17) is 4.52 Å². The van der Waals surface area contributed by atoms with Crippen LogP contribution in [0, 0.1) is 6.92 Å². The maximum Gasteiger partial charge on any atom is 0.276 e. The smallest absolute Gasteiger partial charge is 0.276 e. The zero-order valence-corrected chi connectivity index (χ0v) is 10.0. The van der Waals surface area contributed by atoms with Crippen molar-refractivity contribution in [3.05, 3.63) is 17.5 Å². The minimum atomic E-state index is -0.0319. The van der Waals surface area contributed by atoms with Gasteiger partial charge in [0.25, 0.3) is 5.91 Å². The lowest BCUT2D eigenvalue weighted by Gasteiger charge is -2.17. The summed E-state index contributed by atoms with van der Waals surface area (Å²) in [5.74, 6) is 0.641. The van der Waals surface area contributed by atoms with Gasteiger partial charge < -0.3 is 14.7 Å².